The normalized spacial score (nSPS) is 31.9. The average molecular weight is 401 g/mol. The smallest absolute Gasteiger partial charge is 0.130 e. The van der Waals surface area contributed by atoms with Crippen molar-refractivity contribution in [2.24, 2.45) is 17.8 Å². The molecule has 5 atom stereocenters. The fourth-order valence-corrected chi connectivity index (χ4v) is 6.55. The standard InChI is InChI=1S/C27H41FO/c1-3-5-15-29-24-12-10-20-17-23(9-8-21(20)18-24)26-14-11-22-16-19(6-4-2)7-13-25(22)27(26)28/h11,14,19-21,23-24H,3-10,12-13,15-18H2,1-2H3. The van der Waals surface area contributed by atoms with Crippen LogP contribution in [-0.4, -0.2) is 12.7 Å². The summed E-state index contributed by atoms with van der Waals surface area (Å²) in [4.78, 5) is 0. The van der Waals surface area contributed by atoms with Crippen LogP contribution < -0.4 is 0 Å². The maximum Gasteiger partial charge on any atom is 0.130 e. The van der Waals surface area contributed by atoms with Gasteiger partial charge >= 0.3 is 0 Å². The molecule has 0 aliphatic heterocycles. The van der Waals surface area contributed by atoms with Gasteiger partial charge in [-0.15, -0.1) is 0 Å². The number of hydrogen-bond acceptors (Lipinski definition) is 1. The van der Waals surface area contributed by atoms with Gasteiger partial charge in [0.05, 0.1) is 6.10 Å². The first kappa shape index (κ1) is 21.3. The van der Waals surface area contributed by atoms with E-state index in [4.69, 9.17) is 4.74 Å². The highest BCUT2D eigenvalue weighted by Gasteiger charge is 2.37. The summed E-state index contributed by atoms with van der Waals surface area (Å²) in [7, 11) is 0. The largest absolute Gasteiger partial charge is 0.378 e. The maximum absolute atomic E-state index is 15.5. The molecule has 0 saturated heterocycles. The van der Waals surface area contributed by atoms with Crippen molar-refractivity contribution < 1.29 is 9.13 Å². The zero-order valence-corrected chi connectivity index (χ0v) is 18.7. The second-order valence-electron chi connectivity index (χ2n) is 10.2. The van der Waals surface area contributed by atoms with Crippen LogP contribution in [0.5, 0.6) is 0 Å². The summed E-state index contributed by atoms with van der Waals surface area (Å²) in [6, 6.07) is 4.44. The molecule has 2 heteroatoms. The topological polar surface area (TPSA) is 9.23 Å². The molecule has 5 unspecified atom stereocenters. The van der Waals surface area contributed by atoms with Gasteiger partial charge in [-0.1, -0.05) is 45.2 Å². The molecule has 2 saturated carbocycles. The Morgan fingerprint density at radius 1 is 0.966 bits per heavy atom. The summed E-state index contributed by atoms with van der Waals surface area (Å²) in [6.45, 7) is 5.42. The molecule has 29 heavy (non-hydrogen) atoms. The van der Waals surface area contributed by atoms with Crippen molar-refractivity contribution in [1.29, 1.82) is 0 Å². The first-order valence-corrected chi connectivity index (χ1v) is 12.6. The fourth-order valence-electron chi connectivity index (χ4n) is 6.55. The van der Waals surface area contributed by atoms with Gasteiger partial charge in [0.25, 0.3) is 0 Å². The van der Waals surface area contributed by atoms with Crippen LogP contribution >= 0.6 is 0 Å². The zero-order chi connectivity index (χ0) is 20.2. The van der Waals surface area contributed by atoms with Gasteiger partial charge in [-0.2, -0.15) is 0 Å². The van der Waals surface area contributed by atoms with Crippen LogP contribution in [0.4, 0.5) is 4.39 Å². The van der Waals surface area contributed by atoms with E-state index in [1.54, 1.807) is 0 Å². The van der Waals surface area contributed by atoms with Crippen molar-refractivity contribution in [3.63, 3.8) is 0 Å². The van der Waals surface area contributed by atoms with E-state index < -0.39 is 0 Å². The molecule has 1 aromatic carbocycles. The first-order valence-electron chi connectivity index (χ1n) is 12.6. The second-order valence-corrected chi connectivity index (χ2v) is 10.2. The van der Waals surface area contributed by atoms with Crippen LogP contribution in [0.2, 0.25) is 0 Å². The molecule has 0 bridgehead atoms. The molecule has 3 aliphatic carbocycles. The van der Waals surface area contributed by atoms with Gasteiger partial charge in [0, 0.05) is 6.61 Å². The van der Waals surface area contributed by atoms with Crippen molar-refractivity contribution >= 4 is 0 Å². The van der Waals surface area contributed by atoms with Gasteiger partial charge in [0.15, 0.2) is 0 Å². The predicted octanol–water partition coefficient (Wildman–Crippen LogP) is 7.60. The Hall–Kier alpha value is -0.890. The minimum Gasteiger partial charge on any atom is -0.378 e. The third kappa shape index (κ3) is 4.89. The Bertz CT molecular complexity index is 669. The molecule has 1 aromatic rings. The molecule has 2 fully saturated rings. The molecule has 0 spiro atoms. The van der Waals surface area contributed by atoms with E-state index in [0.29, 0.717) is 12.0 Å². The average Bonchev–Trinajstić information content (AvgIpc) is 2.74. The number of hydrogen-bond donors (Lipinski definition) is 0. The molecule has 0 amide bonds. The molecule has 1 nitrogen and oxygen atoms in total. The molecule has 4 rings (SSSR count). The van der Waals surface area contributed by atoms with Gasteiger partial charge in [0.1, 0.15) is 5.82 Å². The number of rotatable bonds is 7. The van der Waals surface area contributed by atoms with Crippen LogP contribution in [0.15, 0.2) is 12.1 Å². The highest BCUT2D eigenvalue weighted by Crippen LogP contribution is 2.47. The maximum atomic E-state index is 15.5. The van der Waals surface area contributed by atoms with Gasteiger partial charge in [-0.05, 0) is 105 Å². The van der Waals surface area contributed by atoms with Crippen molar-refractivity contribution in [1.82, 2.24) is 0 Å². The van der Waals surface area contributed by atoms with E-state index in [-0.39, 0.29) is 5.82 Å². The number of benzene rings is 1. The van der Waals surface area contributed by atoms with E-state index in [1.165, 1.54) is 69.8 Å². The molecule has 0 N–H and O–H groups in total. The summed E-state index contributed by atoms with van der Waals surface area (Å²) < 4.78 is 21.6. The molecular weight excluding hydrogens is 359 g/mol. The van der Waals surface area contributed by atoms with Crippen LogP contribution in [0, 0.1) is 23.6 Å². The zero-order valence-electron chi connectivity index (χ0n) is 18.7. The minimum absolute atomic E-state index is 0.164. The van der Waals surface area contributed by atoms with E-state index in [0.717, 1.165) is 54.7 Å². The summed E-state index contributed by atoms with van der Waals surface area (Å²) in [6.07, 6.45) is 16.0. The second kappa shape index (κ2) is 9.94. The van der Waals surface area contributed by atoms with Gasteiger partial charge < -0.3 is 4.74 Å². The quantitative estimate of drug-likeness (QED) is 0.428. The number of unbranched alkanes of at least 4 members (excludes halogenated alkanes) is 1. The Morgan fingerprint density at radius 3 is 2.62 bits per heavy atom. The van der Waals surface area contributed by atoms with Crippen molar-refractivity contribution in [2.45, 2.75) is 109 Å². The molecule has 0 radical (unpaired) electrons. The Kier molecular flexibility index (Phi) is 7.32. The van der Waals surface area contributed by atoms with Crippen LogP contribution in [-0.2, 0) is 17.6 Å². The molecule has 0 aromatic heterocycles. The van der Waals surface area contributed by atoms with E-state index in [9.17, 15) is 0 Å². The predicted molar refractivity (Wildman–Crippen MR) is 119 cm³/mol. The fraction of sp³-hybridized carbons (Fsp3) is 0.778. The third-order valence-corrected chi connectivity index (χ3v) is 8.23. The summed E-state index contributed by atoms with van der Waals surface area (Å²) >= 11 is 0. The van der Waals surface area contributed by atoms with E-state index in [2.05, 4.69) is 26.0 Å². The monoisotopic (exact) mass is 400 g/mol. The third-order valence-electron chi connectivity index (χ3n) is 8.23. The van der Waals surface area contributed by atoms with E-state index in [1.807, 2.05) is 0 Å². The molecule has 162 valence electrons. The lowest BCUT2D eigenvalue weighted by Crippen LogP contribution is -2.34. The highest BCUT2D eigenvalue weighted by molar-refractivity contribution is 5.38. The Morgan fingerprint density at radius 2 is 1.79 bits per heavy atom. The van der Waals surface area contributed by atoms with Gasteiger partial charge in [0.2, 0.25) is 0 Å². The lowest BCUT2D eigenvalue weighted by Gasteiger charge is -2.42. The van der Waals surface area contributed by atoms with Crippen LogP contribution in [0.3, 0.4) is 0 Å². The van der Waals surface area contributed by atoms with Crippen molar-refractivity contribution in [3.05, 3.63) is 34.6 Å². The lowest BCUT2D eigenvalue weighted by atomic mass is 9.65. The van der Waals surface area contributed by atoms with E-state index >= 15 is 4.39 Å². The summed E-state index contributed by atoms with van der Waals surface area (Å²) in [5, 5.41) is 0. The van der Waals surface area contributed by atoms with Gasteiger partial charge in [-0.25, -0.2) is 4.39 Å². The number of fused-ring (bicyclic) bond motifs is 2. The molecule has 3 aliphatic rings. The number of ether oxygens (including phenoxy) is 1. The van der Waals surface area contributed by atoms with Crippen molar-refractivity contribution in [3.8, 4) is 0 Å². The number of halogens is 1. The summed E-state index contributed by atoms with van der Waals surface area (Å²) in [5.74, 6) is 2.96. The highest BCUT2D eigenvalue weighted by atomic mass is 19.1. The first-order chi connectivity index (χ1) is 14.2. The Balaban J connectivity index is 1.38. The molecular formula is C27H41FO. The van der Waals surface area contributed by atoms with Crippen molar-refractivity contribution in [2.75, 3.05) is 6.61 Å². The van der Waals surface area contributed by atoms with Crippen LogP contribution in [0.25, 0.3) is 0 Å². The Labute approximate surface area is 177 Å². The van der Waals surface area contributed by atoms with Crippen LogP contribution in [0.1, 0.15) is 107 Å². The van der Waals surface area contributed by atoms with Gasteiger partial charge in [-0.3, -0.25) is 0 Å². The molecule has 0 heterocycles. The SMILES string of the molecule is CCCCOC1CCC2CC(c3ccc4c(c3F)CCC(CCC)C4)CCC2C1. The summed E-state index contributed by atoms with van der Waals surface area (Å²) in [5.41, 5.74) is 3.40. The minimum atomic E-state index is 0.164. The lowest BCUT2D eigenvalue weighted by molar-refractivity contribution is -0.0161.